The minimum Gasteiger partial charge on any atom is -0.379 e. The van der Waals surface area contributed by atoms with Crippen LogP contribution in [0.5, 0.6) is 0 Å². The Hall–Kier alpha value is -2.67. The second kappa shape index (κ2) is 9.43. The fourth-order valence-corrected chi connectivity index (χ4v) is 4.76. The number of nitriles is 1. The molecule has 4 rings (SSSR count). The van der Waals surface area contributed by atoms with Crippen molar-refractivity contribution >= 4 is 34.5 Å². The highest BCUT2D eigenvalue weighted by atomic mass is 32.2. The number of nitrogens with zero attached hydrogens (tertiary/aromatic N) is 4. The predicted octanol–water partition coefficient (Wildman–Crippen LogP) is 1.22. The Morgan fingerprint density at radius 2 is 2.13 bits per heavy atom. The van der Waals surface area contributed by atoms with Gasteiger partial charge in [-0.3, -0.25) is 19.5 Å². The molecule has 2 fully saturated rings. The second-order valence-electron chi connectivity index (χ2n) is 7.29. The Morgan fingerprint density at radius 1 is 1.30 bits per heavy atom. The third-order valence-electron chi connectivity index (χ3n) is 5.31. The van der Waals surface area contributed by atoms with Crippen LogP contribution in [0.25, 0.3) is 10.9 Å². The first-order valence-electron chi connectivity index (χ1n) is 9.88. The number of morpholine rings is 1. The number of pyridine rings is 1. The molecule has 0 spiro atoms. The lowest BCUT2D eigenvalue weighted by Gasteiger charge is -2.26. The first kappa shape index (κ1) is 20.6. The van der Waals surface area contributed by atoms with Crippen LogP contribution in [0.1, 0.15) is 15.9 Å². The molecular formula is C21H23N5O3S. The molecule has 2 aromatic rings. The van der Waals surface area contributed by atoms with Crippen LogP contribution >= 0.6 is 11.8 Å². The summed E-state index contributed by atoms with van der Waals surface area (Å²) in [6.07, 6.45) is 1.60. The lowest BCUT2D eigenvalue weighted by Crippen LogP contribution is -2.42. The maximum absolute atomic E-state index is 12.8. The summed E-state index contributed by atoms with van der Waals surface area (Å²) in [5.41, 5.74) is 2.33. The molecule has 2 saturated heterocycles. The molecule has 1 atom stereocenters. The lowest BCUT2D eigenvalue weighted by molar-refractivity contribution is -0.129. The molecule has 1 aromatic heterocycles. The van der Waals surface area contributed by atoms with Gasteiger partial charge in [0.15, 0.2) is 0 Å². The summed E-state index contributed by atoms with van der Waals surface area (Å²) in [5, 5.41) is 12.6. The van der Waals surface area contributed by atoms with E-state index in [9.17, 15) is 9.59 Å². The van der Waals surface area contributed by atoms with Crippen LogP contribution in [0.3, 0.4) is 0 Å². The summed E-state index contributed by atoms with van der Waals surface area (Å²) >= 11 is 1.54. The van der Waals surface area contributed by atoms with Gasteiger partial charge in [0.2, 0.25) is 5.91 Å². The lowest BCUT2D eigenvalue weighted by atomic mass is 10.0. The van der Waals surface area contributed by atoms with Crippen molar-refractivity contribution in [1.29, 1.82) is 5.26 Å². The molecule has 3 heterocycles. The number of hydrogen-bond acceptors (Lipinski definition) is 7. The fourth-order valence-electron chi connectivity index (χ4n) is 3.66. The summed E-state index contributed by atoms with van der Waals surface area (Å²) in [7, 11) is 0. The van der Waals surface area contributed by atoms with Crippen LogP contribution in [0.4, 0.5) is 0 Å². The number of carbonyl (C=O) groups excluding carboxylic acids is 2. The molecule has 2 amide bonds. The minimum absolute atomic E-state index is 0.130. The highest BCUT2D eigenvalue weighted by molar-refractivity contribution is 7.99. The zero-order valence-electron chi connectivity index (χ0n) is 16.5. The molecule has 2 aliphatic rings. The molecule has 0 saturated carbocycles. The van der Waals surface area contributed by atoms with E-state index < -0.39 is 6.04 Å². The Bertz CT molecular complexity index is 986. The largest absolute Gasteiger partial charge is 0.379 e. The summed E-state index contributed by atoms with van der Waals surface area (Å²) in [6.45, 7) is 3.90. The van der Waals surface area contributed by atoms with Crippen molar-refractivity contribution in [1.82, 2.24) is 20.1 Å². The van der Waals surface area contributed by atoms with E-state index in [1.807, 2.05) is 18.2 Å². The SMILES string of the molecule is N#CC1CSCN1C(=O)CNC(=O)c1ccnc2ccc(CN3CCOCC3)cc12. The predicted molar refractivity (Wildman–Crippen MR) is 114 cm³/mol. The number of amides is 2. The molecule has 2 aliphatic heterocycles. The van der Waals surface area contributed by atoms with Gasteiger partial charge in [-0.25, -0.2) is 0 Å². The van der Waals surface area contributed by atoms with E-state index >= 15 is 0 Å². The third-order valence-corrected chi connectivity index (χ3v) is 6.32. The van der Waals surface area contributed by atoms with Crippen molar-refractivity contribution < 1.29 is 14.3 Å². The Balaban J connectivity index is 1.47. The molecule has 1 unspecified atom stereocenters. The van der Waals surface area contributed by atoms with Gasteiger partial charge in [0.1, 0.15) is 6.04 Å². The minimum atomic E-state index is -0.427. The van der Waals surface area contributed by atoms with Gasteiger partial charge in [0.25, 0.3) is 5.91 Å². The van der Waals surface area contributed by atoms with Crippen molar-refractivity contribution in [3.8, 4) is 6.07 Å². The van der Waals surface area contributed by atoms with E-state index in [0.29, 0.717) is 17.2 Å². The van der Waals surface area contributed by atoms with Crippen LogP contribution in [-0.2, 0) is 16.1 Å². The van der Waals surface area contributed by atoms with Crippen molar-refractivity contribution in [3.63, 3.8) is 0 Å². The molecule has 1 N–H and O–H groups in total. The third kappa shape index (κ3) is 4.56. The number of rotatable bonds is 5. The van der Waals surface area contributed by atoms with Crippen LogP contribution < -0.4 is 5.32 Å². The van der Waals surface area contributed by atoms with Gasteiger partial charge in [0, 0.05) is 37.0 Å². The Labute approximate surface area is 179 Å². The number of thioether (sulfide) groups is 1. The topological polar surface area (TPSA) is 98.6 Å². The van der Waals surface area contributed by atoms with E-state index in [4.69, 9.17) is 10.00 Å². The first-order chi connectivity index (χ1) is 14.7. The van der Waals surface area contributed by atoms with Crippen LogP contribution in [-0.4, -0.2) is 77.1 Å². The molecule has 156 valence electrons. The van der Waals surface area contributed by atoms with Crippen LogP contribution in [0, 0.1) is 11.3 Å². The Kier molecular flexibility index (Phi) is 6.47. The van der Waals surface area contributed by atoms with E-state index in [-0.39, 0.29) is 18.4 Å². The van der Waals surface area contributed by atoms with Gasteiger partial charge in [0.05, 0.1) is 42.8 Å². The maximum atomic E-state index is 12.8. The van der Waals surface area contributed by atoms with E-state index in [2.05, 4.69) is 21.3 Å². The number of fused-ring (bicyclic) bond motifs is 1. The van der Waals surface area contributed by atoms with Gasteiger partial charge in [-0.2, -0.15) is 5.26 Å². The summed E-state index contributed by atoms with van der Waals surface area (Å²) in [6, 6.07) is 9.32. The smallest absolute Gasteiger partial charge is 0.252 e. The number of carbonyl (C=O) groups is 2. The average Bonchev–Trinajstić information content (AvgIpc) is 3.26. The summed E-state index contributed by atoms with van der Waals surface area (Å²) in [4.78, 5) is 33.4. The molecule has 30 heavy (non-hydrogen) atoms. The quantitative estimate of drug-likeness (QED) is 0.769. The zero-order chi connectivity index (χ0) is 20.9. The Morgan fingerprint density at radius 3 is 2.93 bits per heavy atom. The summed E-state index contributed by atoms with van der Waals surface area (Å²) in [5.74, 6) is 0.526. The summed E-state index contributed by atoms with van der Waals surface area (Å²) < 4.78 is 5.40. The number of benzene rings is 1. The van der Waals surface area contributed by atoms with Gasteiger partial charge in [-0.15, -0.1) is 11.8 Å². The van der Waals surface area contributed by atoms with Crippen molar-refractivity contribution in [3.05, 3.63) is 41.6 Å². The standard InChI is InChI=1S/C21H23N5O3S/c22-10-16-13-30-14-26(16)20(27)11-24-21(28)17-3-4-23-19-2-1-15(9-18(17)19)12-25-5-7-29-8-6-25/h1-4,9,16H,5-8,11-14H2,(H,24,28). The highest BCUT2D eigenvalue weighted by Crippen LogP contribution is 2.21. The molecule has 8 nitrogen and oxygen atoms in total. The van der Waals surface area contributed by atoms with Gasteiger partial charge >= 0.3 is 0 Å². The van der Waals surface area contributed by atoms with E-state index in [1.54, 1.807) is 24.0 Å². The van der Waals surface area contributed by atoms with Gasteiger partial charge < -0.3 is 15.0 Å². The highest BCUT2D eigenvalue weighted by Gasteiger charge is 2.29. The van der Waals surface area contributed by atoms with E-state index in [1.165, 1.54) is 4.90 Å². The second-order valence-corrected chi connectivity index (χ2v) is 8.29. The number of hydrogen-bond donors (Lipinski definition) is 1. The number of ether oxygens (including phenoxy) is 1. The number of nitrogens with one attached hydrogen (secondary N) is 1. The van der Waals surface area contributed by atoms with Crippen LogP contribution in [0.15, 0.2) is 30.5 Å². The zero-order valence-corrected chi connectivity index (χ0v) is 17.4. The van der Waals surface area contributed by atoms with Crippen molar-refractivity contribution in [2.45, 2.75) is 12.6 Å². The van der Waals surface area contributed by atoms with Crippen molar-refractivity contribution in [2.24, 2.45) is 0 Å². The molecule has 0 aliphatic carbocycles. The monoisotopic (exact) mass is 425 g/mol. The normalized spacial score (nSPS) is 19.6. The van der Waals surface area contributed by atoms with Crippen molar-refractivity contribution in [2.75, 3.05) is 44.5 Å². The maximum Gasteiger partial charge on any atom is 0.252 e. The van der Waals surface area contributed by atoms with Crippen LogP contribution in [0.2, 0.25) is 0 Å². The van der Waals surface area contributed by atoms with E-state index in [0.717, 1.165) is 49.3 Å². The average molecular weight is 426 g/mol. The van der Waals surface area contributed by atoms with Gasteiger partial charge in [-0.05, 0) is 23.8 Å². The molecule has 9 heteroatoms. The first-order valence-corrected chi connectivity index (χ1v) is 11.0. The number of aromatic nitrogens is 1. The molecule has 0 bridgehead atoms. The fraction of sp³-hybridized carbons (Fsp3) is 0.429. The molecule has 0 radical (unpaired) electrons. The molecular weight excluding hydrogens is 402 g/mol. The van der Waals surface area contributed by atoms with Gasteiger partial charge in [-0.1, -0.05) is 6.07 Å². The molecule has 1 aromatic carbocycles.